The summed E-state index contributed by atoms with van der Waals surface area (Å²) in [7, 11) is 3.09. The van der Waals surface area contributed by atoms with Crippen molar-refractivity contribution in [3.63, 3.8) is 0 Å². The first-order chi connectivity index (χ1) is 14.5. The number of carbonyl (C=O) groups is 2. The number of methoxy groups -OCH3 is 2. The first kappa shape index (κ1) is 21.3. The van der Waals surface area contributed by atoms with Gasteiger partial charge in [-0.25, -0.2) is 4.99 Å². The number of aliphatic carboxylic acids is 1. The standard InChI is InChI=1S/C21H20N2O6S/c1-27-15-6-4-14(5-7-15)22-21-23-20(26)18(30-21)12-13-3-8-16(17(11-13)28-2)29-10-9-19(24)25/h3-8,11-12H,9-10H2,1-2H3,(H,24,25)(H,22,23,26)/b18-12+. The third kappa shape index (κ3) is 5.54. The summed E-state index contributed by atoms with van der Waals surface area (Å²) in [4.78, 5) is 27.8. The molecule has 30 heavy (non-hydrogen) atoms. The molecule has 0 aromatic heterocycles. The maximum atomic E-state index is 12.3. The van der Waals surface area contributed by atoms with E-state index in [2.05, 4.69) is 10.3 Å². The number of thioether (sulfide) groups is 1. The maximum absolute atomic E-state index is 12.3. The van der Waals surface area contributed by atoms with Crippen molar-refractivity contribution in [3.8, 4) is 17.2 Å². The van der Waals surface area contributed by atoms with Crippen LogP contribution in [0.15, 0.2) is 52.4 Å². The molecular weight excluding hydrogens is 408 g/mol. The third-order valence-corrected chi connectivity index (χ3v) is 4.92. The molecule has 2 aromatic rings. The van der Waals surface area contributed by atoms with Gasteiger partial charge in [-0.15, -0.1) is 0 Å². The lowest BCUT2D eigenvalue weighted by Crippen LogP contribution is -2.19. The molecule has 0 spiro atoms. The highest BCUT2D eigenvalue weighted by molar-refractivity contribution is 8.18. The minimum absolute atomic E-state index is 0.0373. The monoisotopic (exact) mass is 428 g/mol. The van der Waals surface area contributed by atoms with Crippen LogP contribution in [0.4, 0.5) is 5.69 Å². The quantitative estimate of drug-likeness (QED) is 0.620. The summed E-state index contributed by atoms with van der Waals surface area (Å²) in [6.07, 6.45) is 1.61. The van der Waals surface area contributed by atoms with Crippen LogP contribution in [0, 0.1) is 0 Å². The number of carboxylic acid groups (broad SMARTS) is 1. The van der Waals surface area contributed by atoms with Crippen molar-refractivity contribution >= 4 is 40.6 Å². The Morgan fingerprint density at radius 1 is 1.13 bits per heavy atom. The Labute approximate surface area is 177 Å². The fraction of sp³-hybridized carbons (Fsp3) is 0.190. The summed E-state index contributed by atoms with van der Waals surface area (Å²) >= 11 is 1.24. The summed E-state index contributed by atoms with van der Waals surface area (Å²) in [5.41, 5.74) is 1.44. The van der Waals surface area contributed by atoms with E-state index in [1.807, 2.05) is 0 Å². The number of benzene rings is 2. The van der Waals surface area contributed by atoms with Gasteiger partial charge in [0.05, 0.1) is 37.8 Å². The Kier molecular flexibility index (Phi) is 6.97. The molecule has 2 aromatic carbocycles. The molecule has 0 bridgehead atoms. The van der Waals surface area contributed by atoms with Gasteiger partial charge >= 0.3 is 5.97 Å². The largest absolute Gasteiger partial charge is 0.497 e. The highest BCUT2D eigenvalue weighted by atomic mass is 32.2. The summed E-state index contributed by atoms with van der Waals surface area (Å²) in [6.45, 7) is 0.0373. The molecule has 3 rings (SSSR count). The first-order valence-corrected chi connectivity index (χ1v) is 9.76. The number of ether oxygens (including phenoxy) is 3. The molecule has 1 aliphatic heterocycles. The number of carboxylic acids is 1. The zero-order chi connectivity index (χ0) is 21.5. The molecule has 1 heterocycles. The normalized spacial score (nSPS) is 15.9. The van der Waals surface area contributed by atoms with E-state index in [0.717, 1.165) is 11.3 Å². The number of nitrogens with zero attached hydrogens (tertiary/aromatic N) is 1. The van der Waals surface area contributed by atoms with Crippen molar-refractivity contribution in [2.45, 2.75) is 6.42 Å². The van der Waals surface area contributed by atoms with Crippen LogP contribution in [0.2, 0.25) is 0 Å². The van der Waals surface area contributed by atoms with Crippen molar-refractivity contribution in [1.82, 2.24) is 5.32 Å². The second kappa shape index (κ2) is 9.84. The van der Waals surface area contributed by atoms with Gasteiger partial charge in [0.1, 0.15) is 5.75 Å². The maximum Gasteiger partial charge on any atom is 0.306 e. The Hall–Kier alpha value is -3.46. The molecule has 0 unspecified atom stereocenters. The van der Waals surface area contributed by atoms with Crippen LogP contribution in [-0.4, -0.2) is 43.0 Å². The lowest BCUT2D eigenvalue weighted by atomic mass is 10.2. The van der Waals surface area contributed by atoms with Crippen molar-refractivity contribution in [2.24, 2.45) is 4.99 Å². The second-order valence-electron chi connectivity index (χ2n) is 6.08. The summed E-state index contributed by atoms with van der Waals surface area (Å²) in [6, 6.07) is 12.3. The second-order valence-corrected chi connectivity index (χ2v) is 7.11. The molecule has 0 aliphatic carbocycles. The van der Waals surface area contributed by atoms with Crippen LogP contribution in [0.25, 0.3) is 6.08 Å². The highest BCUT2D eigenvalue weighted by Crippen LogP contribution is 2.32. The Morgan fingerprint density at radius 2 is 1.90 bits per heavy atom. The number of carbonyl (C=O) groups excluding carboxylic acids is 1. The van der Waals surface area contributed by atoms with E-state index in [-0.39, 0.29) is 18.9 Å². The molecule has 1 fully saturated rings. The number of amidine groups is 1. The lowest BCUT2D eigenvalue weighted by Gasteiger charge is -2.10. The predicted octanol–water partition coefficient (Wildman–Crippen LogP) is 3.45. The fourth-order valence-corrected chi connectivity index (χ4v) is 3.39. The molecule has 1 saturated heterocycles. The summed E-state index contributed by atoms with van der Waals surface area (Å²) in [5, 5.41) is 11.9. The van der Waals surface area contributed by atoms with Gasteiger partial charge in [-0.1, -0.05) is 6.07 Å². The van der Waals surface area contributed by atoms with E-state index in [1.165, 1.54) is 18.9 Å². The van der Waals surface area contributed by atoms with Crippen LogP contribution >= 0.6 is 11.8 Å². The number of nitrogens with one attached hydrogen (secondary N) is 1. The average Bonchev–Trinajstić information content (AvgIpc) is 3.07. The van der Waals surface area contributed by atoms with Crippen LogP contribution in [0.3, 0.4) is 0 Å². The lowest BCUT2D eigenvalue weighted by molar-refractivity contribution is -0.137. The van der Waals surface area contributed by atoms with Crippen molar-refractivity contribution in [3.05, 3.63) is 52.9 Å². The zero-order valence-electron chi connectivity index (χ0n) is 16.4. The number of rotatable bonds is 8. The van der Waals surface area contributed by atoms with Gasteiger partial charge in [0.2, 0.25) is 0 Å². The summed E-state index contributed by atoms with van der Waals surface area (Å²) < 4.78 is 15.9. The van der Waals surface area contributed by atoms with Crippen LogP contribution in [-0.2, 0) is 9.59 Å². The van der Waals surface area contributed by atoms with Gasteiger partial charge in [0.25, 0.3) is 5.91 Å². The van der Waals surface area contributed by atoms with E-state index < -0.39 is 5.97 Å². The van der Waals surface area contributed by atoms with E-state index in [1.54, 1.807) is 55.7 Å². The van der Waals surface area contributed by atoms with Gasteiger partial charge in [-0.2, -0.15) is 0 Å². The third-order valence-electron chi connectivity index (χ3n) is 4.01. The van der Waals surface area contributed by atoms with Crippen LogP contribution in [0.5, 0.6) is 17.2 Å². The Morgan fingerprint density at radius 3 is 2.57 bits per heavy atom. The Balaban J connectivity index is 1.73. The van der Waals surface area contributed by atoms with Gasteiger partial charge in [-0.05, 0) is 59.8 Å². The van der Waals surface area contributed by atoms with E-state index in [0.29, 0.717) is 27.3 Å². The van der Waals surface area contributed by atoms with Gasteiger partial charge in [0, 0.05) is 0 Å². The molecule has 0 saturated carbocycles. The minimum atomic E-state index is -0.938. The van der Waals surface area contributed by atoms with E-state index >= 15 is 0 Å². The molecule has 8 nitrogen and oxygen atoms in total. The molecule has 2 N–H and O–H groups in total. The summed E-state index contributed by atoms with van der Waals surface area (Å²) in [5.74, 6) is 0.433. The molecule has 9 heteroatoms. The fourth-order valence-electron chi connectivity index (χ4n) is 2.55. The molecular formula is C21H20N2O6S. The predicted molar refractivity (Wildman–Crippen MR) is 115 cm³/mol. The molecule has 1 aliphatic rings. The smallest absolute Gasteiger partial charge is 0.306 e. The van der Waals surface area contributed by atoms with Crippen LogP contribution < -0.4 is 19.5 Å². The topological polar surface area (TPSA) is 106 Å². The van der Waals surface area contributed by atoms with E-state index in [9.17, 15) is 9.59 Å². The minimum Gasteiger partial charge on any atom is -0.497 e. The first-order valence-electron chi connectivity index (χ1n) is 8.95. The molecule has 0 atom stereocenters. The number of hydrogen-bond donors (Lipinski definition) is 2. The zero-order valence-corrected chi connectivity index (χ0v) is 17.2. The van der Waals surface area contributed by atoms with E-state index in [4.69, 9.17) is 19.3 Å². The SMILES string of the molecule is COc1ccc(N=C2NC(=O)/C(=C\c3ccc(OCCC(=O)O)c(OC)c3)S2)cc1. The number of hydrogen-bond acceptors (Lipinski definition) is 7. The van der Waals surface area contributed by atoms with Gasteiger partial charge < -0.3 is 24.6 Å². The van der Waals surface area contributed by atoms with Crippen molar-refractivity contribution < 1.29 is 28.9 Å². The highest BCUT2D eigenvalue weighted by Gasteiger charge is 2.24. The Bertz CT molecular complexity index is 1000. The molecule has 1 amide bonds. The van der Waals surface area contributed by atoms with Crippen LogP contribution in [0.1, 0.15) is 12.0 Å². The van der Waals surface area contributed by atoms with Crippen molar-refractivity contribution in [2.75, 3.05) is 20.8 Å². The number of amides is 1. The van der Waals surface area contributed by atoms with Gasteiger partial charge in [0.15, 0.2) is 16.7 Å². The average molecular weight is 428 g/mol. The van der Waals surface area contributed by atoms with Gasteiger partial charge in [-0.3, -0.25) is 9.59 Å². The number of aliphatic imine (C=N–C) groups is 1. The van der Waals surface area contributed by atoms with Crippen molar-refractivity contribution in [1.29, 1.82) is 0 Å². The molecule has 156 valence electrons. The molecule has 0 radical (unpaired) electrons.